The molecular weight excluding hydrogens is 332 g/mol. The van der Waals surface area contributed by atoms with Crippen LogP contribution in [0.25, 0.3) is 0 Å². The Hall–Kier alpha value is -2.69. The van der Waals surface area contributed by atoms with Gasteiger partial charge in [0.25, 0.3) is 0 Å². The third-order valence-electron chi connectivity index (χ3n) is 3.96. The van der Waals surface area contributed by atoms with E-state index in [4.69, 9.17) is 14.2 Å². The highest BCUT2D eigenvalue weighted by Crippen LogP contribution is 2.39. The van der Waals surface area contributed by atoms with Gasteiger partial charge in [-0.2, -0.15) is 0 Å². The number of ether oxygens (including phenoxy) is 3. The Kier molecular flexibility index (Phi) is 7.80. The minimum Gasteiger partial charge on any atom is -0.490 e. The van der Waals surface area contributed by atoms with Gasteiger partial charge in [0.2, 0.25) is 5.75 Å². The maximum atomic E-state index is 11.4. The number of unbranched alkanes of at least 4 members (excludes halogenated alkanes) is 3. The molecule has 0 fully saturated rings. The van der Waals surface area contributed by atoms with Gasteiger partial charge in [0.1, 0.15) is 6.61 Å². The molecule has 0 radical (unpaired) electrons. The number of methoxy groups -OCH3 is 1. The molecule has 0 unspecified atom stereocenters. The highest BCUT2D eigenvalue weighted by atomic mass is 16.5. The fourth-order valence-electron chi connectivity index (χ4n) is 2.56. The maximum absolute atomic E-state index is 11.4. The van der Waals surface area contributed by atoms with Crippen molar-refractivity contribution in [3.05, 3.63) is 53.6 Å². The third-order valence-corrected chi connectivity index (χ3v) is 3.96. The molecule has 26 heavy (non-hydrogen) atoms. The van der Waals surface area contributed by atoms with Gasteiger partial charge in [-0.15, -0.1) is 0 Å². The van der Waals surface area contributed by atoms with Crippen LogP contribution in [0.15, 0.2) is 42.5 Å². The lowest BCUT2D eigenvalue weighted by atomic mass is 10.1. The molecule has 0 aliphatic carbocycles. The van der Waals surface area contributed by atoms with Crippen molar-refractivity contribution in [3.63, 3.8) is 0 Å². The first-order chi connectivity index (χ1) is 12.7. The minimum absolute atomic E-state index is 0.109. The van der Waals surface area contributed by atoms with E-state index in [1.54, 1.807) is 0 Å². The lowest BCUT2D eigenvalue weighted by Crippen LogP contribution is -2.05. The lowest BCUT2D eigenvalue weighted by Gasteiger charge is -2.16. The second-order valence-electron chi connectivity index (χ2n) is 5.99. The van der Waals surface area contributed by atoms with Crippen molar-refractivity contribution in [2.24, 2.45) is 0 Å². The Balaban J connectivity index is 2.17. The molecule has 140 valence electrons. The van der Waals surface area contributed by atoms with E-state index in [0.29, 0.717) is 30.5 Å². The molecule has 0 bridgehead atoms. The first-order valence-electron chi connectivity index (χ1n) is 8.90. The summed E-state index contributed by atoms with van der Waals surface area (Å²) < 4.78 is 17.0. The molecule has 5 heteroatoms. The summed E-state index contributed by atoms with van der Waals surface area (Å²) >= 11 is 0. The molecule has 0 aromatic heterocycles. The first kappa shape index (κ1) is 19.6. The van der Waals surface area contributed by atoms with Crippen molar-refractivity contribution in [2.75, 3.05) is 13.7 Å². The predicted octanol–water partition coefficient (Wildman–Crippen LogP) is 4.93. The number of rotatable bonds is 11. The van der Waals surface area contributed by atoms with Gasteiger partial charge in [-0.1, -0.05) is 56.5 Å². The van der Waals surface area contributed by atoms with Crippen LogP contribution < -0.4 is 14.2 Å². The molecule has 0 saturated heterocycles. The van der Waals surface area contributed by atoms with E-state index >= 15 is 0 Å². The Labute approximate surface area is 154 Å². The van der Waals surface area contributed by atoms with E-state index in [0.717, 1.165) is 31.2 Å². The third kappa shape index (κ3) is 5.69. The number of hydrogen-bond acceptors (Lipinski definition) is 4. The second-order valence-corrected chi connectivity index (χ2v) is 5.99. The smallest absolute Gasteiger partial charge is 0.335 e. The average Bonchev–Trinajstić information content (AvgIpc) is 2.66. The summed E-state index contributed by atoms with van der Waals surface area (Å²) in [5, 5.41) is 9.37. The normalized spacial score (nSPS) is 10.4. The van der Waals surface area contributed by atoms with Crippen LogP contribution in [0.4, 0.5) is 0 Å². The highest BCUT2D eigenvalue weighted by Gasteiger charge is 2.17. The minimum atomic E-state index is -1.03. The fraction of sp³-hybridized carbons (Fsp3) is 0.381. The number of carbonyl (C=O) groups is 1. The molecule has 2 aromatic rings. The molecule has 0 aliphatic heterocycles. The van der Waals surface area contributed by atoms with E-state index in [1.807, 2.05) is 30.3 Å². The zero-order valence-electron chi connectivity index (χ0n) is 15.4. The molecule has 5 nitrogen and oxygen atoms in total. The monoisotopic (exact) mass is 358 g/mol. The molecule has 0 heterocycles. The van der Waals surface area contributed by atoms with Crippen molar-refractivity contribution in [2.45, 2.75) is 39.2 Å². The van der Waals surface area contributed by atoms with Crippen LogP contribution in [0.1, 0.15) is 48.5 Å². The predicted molar refractivity (Wildman–Crippen MR) is 100 cm³/mol. The van der Waals surface area contributed by atoms with Gasteiger partial charge in [0, 0.05) is 0 Å². The van der Waals surface area contributed by atoms with Crippen molar-refractivity contribution < 1.29 is 24.1 Å². The largest absolute Gasteiger partial charge is 0.490 e. The first-order valence-corrected chi connectivity index (χ1v) is 8.90. The van der Waals surface area contributed by atoms with Crippen LogP contribution in [-0.2, 0) is 6.61 Å². The van der Waals surface area contributed by atoms with Crippen molar-refractivity contribution >= 4 is 5.97 Å². The molecule has 0 amide bonds. The van der Waals surface area contributed by atoms with E-state index in [2.05, 4.69) is 6.92 Å². The number of hydrogen-bond donors (Lipinski definition) is 1. The summed E-state index contributed by atoms with van der Waals surface area (Å²) in [7, 11) is 1.52. The fourth-order valence-corrected chi connectivity index (χ4v) is 2.56. The van der Waals surface area contributed by atoms with E-state index < -0.39 is 5.97 Å². The molecule has 0 saturated carbocycles. The molecule has 1 N–H and O–H groups in total. The van der Waals surface area contributed by atoms with Crippen molar-refractivity contribution in [3.8, 4) is 17.2 Å². The Bertz CT molecular complexity index is 697. The van der Waals surface area contributed by atoms with E-state index in [9.17, 15) is 9.90 Å². The molecule has 0 atom stereocenters. The average molecular weight is 358 g/mol. The number of aromatic carboxylic acids is 1. The van der Waals surface area contributed by atoms with Gasteiger partial charge in [-0.25, -0.2) is 4.79 Å². The molecule has 2 aromatic carbocycles. The molecule has 0 aliphatic rings. The SMILES string of the molecule is CCCCCCOc1cc(C(=O)O)cc(OCc2ccccc2)c1OC. The topological polar surface area (TPSA) is 65.0 Å². The van der Waals surface area contributed by atoms with Crippen LogP contribution >= 0.6 is 0 Å². The van der Waals surface area contributed by atoms with E-state index in [1.165, 1.54) is 19.2 Å². The van der Waals surface area contributed by atoms with E-state index in [-0.39, 0.29) is 5.56 Å². The van der Waals surface area contributed by atoms with Gasteiger partial charge in [-0.3, -0.25) is 0 Å². The second kappa shape index (κ2) is 10.3. The zero-order chi connectivity index (χ0) is 18.8. The summed E-state index contributed by atoms with van der Waals surface area (Å²) in [5.41, 5.74) is 1.09. The van der Waals surface area contributed by atoms with Gasteiger partial charge >= 0.3 is 5.97 Å². The highest BCUT2D eigenvalue weighted by molar-refractivity contribution is 5.89. The van der Waals surface area contributed by atoms with Crippen LogP contribution in [0.5, 0.6) is 17.2 Å². The van der Waals surface area contributed by atoms with Crippen LogP contribution in [0.2, 0.25) is 0 Å². The van der Waals surface area contributed by atoms with Gasteiger partial charge in [0.15, 0.2) is 11.5 Å². The number of carboxylic acids is 1. The summed E-state index contributed by atoms with van der Waals surface area (Å²) in [6, 6.07) is 12.6. The van der Waals surface area contributed by atoms with Crippen LogP contribution in [0.3, 0.4) is 0 Å². The van der Waals surface area contributed by atoms with Crippen LogP contribution in [-0.4, -0.2) is 24.8 Å². The summed E-state index contributed by atoms with van der Waals surface area (Å²) in [6.07, 6.45) is 4.29. The Morgan fingerprint density at radius 3 is 2.31 bits per heavy atom. The van der Waals surface area contributed by atoms with Gasteiger partial charge in [0.05, 0.1) is 19.3 Å². The van der Waals surface area contributed by atoms with Crippen LogP contribution in [0, 0.1) is 0 Å². The summed E-state index contributed by atoms with van der Waals surface area (Å²) in [5.74, 6) is 0.140. The Morgan fingerprint density at radius 1 is 1.00 bits per heavy atom. The summed E-state index contributed by atoms with van der Waals surface area (Å²) in [4.78, 5) is 11.4. The quantitative estimate of drug-likeness (QED) is 0.577. The lowest BCUT2D eigenvalue weighted by molar-refractivity contribution is 0.0695. The summed E-state index contributed by atoms with van der Waals surface area (Å²) in [6.45, 7) is 2.98. The molecular formula is C21H26O5. The zero-order valence-corrected chi connectivity index (χ0v) is 15.4. The van der Waals surface area contributed by atoms with Gasteiger partial charge < -0.3 is 19.3 Å². The van der Waals surface area contributed by atoms with Crippen molar-refractivity contribution in [1.82, 2.24) is 0 Å². The standard InChI is InChI=1S/C21H26O5/c1-3-4-5-9-12-25-18-13-17(21(22)23)14-19(20(18)24-2)26-15-16-10-7-6-8-11-16/h6-8,10-11,13-14H,3-5,9,12,15H2,1-2H3,(H,22,23). The number of carboxylic acid groups (broad SMARTS) is 1. The molecule has 2 rings (SSSR count). The van der Waals surface area contributed by atoms with Crippen molar-refractivity contribution in [1.29, 1.82) is 0 Å². The maximum Gasteiger partial charge on any atom is 0.335 e. The molecule has 0 spiro atoms. The Morgan fingerprint density at radius 2 is 1.69 bits per heavy atom. The van der Waals surface area contributed by atoms with Gasteiger partial charge in [-0.05, 0) is 24.1 Å². The number of benzene rings is 2.